The molecule has 1 unspecified atom stereocenters. The maximum Gasteiger partial charge on any atom is 0.125 e. The summed E-state index contributed by atoms with van der Waals surface area (Å²) >= 11 is 0. The van der Waals surface area contributed by atoms with E-state index >= 15 is 0 Å². The summed E-state index contributed by atoms with van der Waals surface area (Å²) in [7, 11) is 0. The molecule has 2 aliphatic heterocycles. The van der Waals surface area contributed by atoms with Crippen LogP contribution in [0.1, 0.15) is 18.9 Å². The molecule has 2 heterocycles. The minimum atomic E-state index is -0.110. The van der Waals surface area contributed by atoms with Gasteiger partial charge in [0.25, 0.3) is 0 Å². The van der Waals surface area contributed by atoms with Crippen LogP contribution in [0.3, 0.4) is 0 Å². The summed E-state index contributed by atoms with van der Waals surface area (Å²) < 4.78 is 13.3. The van der Waals surface area contributed by atoms with Crippen molar-refractivity contribution in [1.82, 2.24) is 4.90 Å². The van der Waals surface area contributed by atoms with E-state index in [1.165, 1.54) is 18.5 Å². The van der Waals surface area contributed by atoms with Gasteiger partial charge in [0.05, 0.1) is 0 Å². The predicted molar refractivity (Wildman–Crippen MR) is 68.0 cm³/mol. The van der Waals surface area contributed by atoms with E-state index in [9.17, 15) is 4.39 Å². The summed E-state index contributed by atoms with van der Waals surface area (Å²) in [6.45, 7) is 6.70. The molecule has 0 bridgehead atoms. The summed E-state index contributed by atoms with van der Waals surface area (Å²) in [5.74, 6) is -0.110. The molecule has 0 radical (unpaired) electrons. The molecule has 2 nitrogen and oxygen atoms in total. The van der Waals surface area contributed by atoms with Gasteiger partial charge < -0.3 is 9.80 Å². The summed E-state index contributed by atoms with van der Waals surface area (Å²) in [5, 5.41) is 0. The Labute approximate surface area is 102 Å². The lowest BCUT2D eigenvalue weighted by Crippen LogP contribution is -2.38. The highest BCUT2D eigenvalue weighted by atomic mass is 19.1. The zero-order chi connectivity index (χ0) is 11.8. The molecule has 0 saturated carbocycles. The highest BCUT2D eigenvalue weighted by molar-refractivity contribution is 5.59. The molecule has 1 aromatic rings. The van der Waals surface area contributed by atoms with Crippen LogP contribution < -0.4 is 4.90 Å². The number of hydrogen-bond donors (Lipinski definition) is 0. The van der Waals surface area contributed by atoms with E-state index in [1.54, 1.807) is 12.1 Å². The first-order valence-corrected chi connectivity index (χ1v) is 6.55. The van der Waals surface area contributed by atoms with Crippen LogP contribution in [-0.4, -0.2) is 37.1 Å². The van der Waals surface area contributed by atoms with Crippen LogP contribution in [0.2, 0.25) is 0 Å². The zero-order valence-electron chi connectivity index (χ0n) is 10.3. The van der Waals surface area contributed by atoms with Crippen molar-refractivity contribution >= 4 is 5.69 Å². The van der Waals surface area contributed by atoms with Gasteiger partial charge in [0.2, 0.25) is 0 Å². The average Bonchev–Trinajstić information content (AvgIpc) is 2.54. The fourth-order valence-corrected chi connectivity index (χ4v) is 3.15. The summed E-state index contributed by atoms with van der Waals surface area (Å²) in [5.41, 5.74) is 2.45. The summed E-state index contributed by atoms with van der Waals surface area (Å²) in [4.78, 5) is 4.92. The van der Waals surface area contributed by atoms with Crippen LogP contribution in [0.15, 0.2) is 18.2 Å². The third kappa shape index (κ3) is 1.93. The SMILES string of the molecule is CCN1CCCN2c3cc(F)ccc3CC2C1. The van der Waals surface area contributed by atoms with Crippen molar-refractivity contribution in [2.45, 2.75) is 25.8 Å². The molecular formula is C14H19FN2. The number of rotatable bonds is 1. The quantitative estimate of drug-likeness (QED) is 0.735. The molecule has 1 saturated heterocycles. The maximum absolute atomic E-state index is 13.3. The first kappa shape index (κ1) is 11.0. The van der Waals surface area contributed by atoms with E-state index in [0.29, 0.717) is 6.04 Å². The van der Waals surface area contributed by atoms with Crippen molar-refractivity contribution in [1.29, 1.82) is 0 Å². The van der Waals surface area contributed by atoms with Gasteiger partial charge in [0, 0.05) is 24.8 Å². The number of fused-ring (bicyclic) bond motifs is 3. The molecule has 3 rings (SSSR count). The van der Waals surface area contributed by atoms with Crippen LogP contribution >= 0.6 is 0 Å². The monoisotopic (exact) mass is 234 g/mol. The second kappa shape index (κ2) is 4.30. The number of nitrogens with zero attached hydrogens (tertiary/aromatic N) is 2. The normalized spacial score (nSPS) is 24.4. The lowest BCUT2D eigenvalue weighted by molar-refractivity contribution is 0.288. The second-order valence-electron chi connectivity index (χ2n) is 5.07. The molecule has 3 heteroatoms. The number of hydrogen-bond acceptors (Lipinski definition) is 2. The number of halogens is 1. The molecular weight excluding hydrogens is 215 g/mol. The number of anilines is 1. The molecule has 1 aromatic carbocycles. The summed E-state index contributed by atoms with van der Waals surface area (Å²) in [6.07, 6.45) is 2.26. The molecule has 17 heavy (non-hydrogen) atoms. The van der Waals surface area contributed by atoms with E-state index in [4.69, 9.17) is 0 Å². The van der Waals surface area contributed by atoms with Gasteiger partial charge in [0.15, 0.2) is 0 Å². The molecule has 1 fully saturated rings. The Morgan fingerprint density at radius 1 is 1.35 bits per heavy atom. The van der Waals surface area contributed by atoms with Gasteiger partial charge in [-0.3, -0.25) is 0 Å². The minimum absolute atomic E-state index is 0.110. The molecule has 1 atom stereocenters. The van der Waals surface area contributed by atoms with Gasteiger partial charge >= 0.3 is 0 Å². The third-order valence-corrected chi connectivity index (χ3v) is 4.04. The van der Waals surface area contributed by atoms with Gasteiger partial charge in [-0.15, -0.1) is 0 Å². The van der Waals surface area contributed by atoms with Crippen LogP contribution in [-0.2, 0) is 6.42 Å². The number of benzene rings is 1. The van der Waals surface area contributed by atoms with E-state index < -0.39 is 0 Å². The van der Waals surface area contributed by atoms with Gasteiger partial charge in [-0.25, -0.2) is 4.39 Å². The Bertz CT molecular complexity index is 419. The average molecular weight is 234 g/mol. The van der Waals surface area contributed by atoms with Crippen molar-refractivity contribution in [3.8, 4) is 0 Å². The Kier molecular flexibility index (Phi) is 2.79. The molecule has 0 amide bonds. The standard InChI is InChI=1S/C14H19FN2/c1-2-16-6-3-7-17-13(10-16)8-11-4-5-12(15)9-14(11)17/h4-5,9,13H,2-3,6-8,10H2,1H3. The lowest BCUT2D eigenvalue weighted by Gasteiger charge is -2.26. The second-order valence-corrected chi connectivity index (χ2v) is 5.07. The van der Waals surface area contributed by atoms with Crippen molar-refractivity contribution < 1.29 is 4.39 Å². The highest BCUT2D eigenvalue weighted by Gasteiger charge is 2.32. The first-order chi connectivity index (χ1) is 8.28. The minimum Gasteiger partial charge on any atom is -0.367 e. The third-order valence-electron chi connectivity index (χ3n) is 4.04. The maximum atomic E-state index is 13.3. The van der Waals surface area contributed by atoms with Crippen molar-refractivity contribution in [3.63, 3.8) is 0 Å². The summed E-state index contributed by atoms with van der Waals surface area (Å²) in [6, 6.07) is 5.80. The van der Waals surface area contributed by atoms with Gasteiger partial charge in [-0.1, -0.05) is 13.0 Å². The molecule has 0 aliphatic carbocycles. The van der Waals surface area contributed by atoms with Crippen LogP contribution in [0.4, 0.5) is 10.1 Å². The molecule has 92 valence electrons. The van der Waals surface area contributed by atoms with Crippen LogP contribution in [0.25, 0.3) is 0 Å². The van der Waals surface area contributed by atoms with E-state index in [-0.39, 0.29) is 5.82 Å². The van der Waals surface area contributed by atoms with Crippen molar-refractivity contribution in [2.75, 3.05) is 31.1 Å². The van der Waals surface area contributed by atoms with Crippen LogP contribution in [0.5, 0.6) is 0 Å². The van der Waals surface area contributed by atoms with E-state index in [1.807, 2.05) is 6.07 Å². The highest BCUT2D eigenvalue weighted by Crippen LogP contribution is 2.34. The smallest absolute Gasteiger partial charge is 0.125 e. The van der Waals surface area contributed by atoms with Gasteiger partial charge in [0.1, 0.15) is 5.82 Å². The fraction of sp³-hybridized carbons (Fsp3) is 0.571. The molecule has 0 N–H and O–H groups in total. The Hall–Kier alpha value is -1.09. The van der Waals surface area contributed by atoms with E-state index in [2.05, 4.69) is 16.7 Å². The molecule has 0 spiro atoms. The Morgan fingerprint density at radius 3 is 3.06 bits per heavy atom. The first-order valence-electron chi connectivity index (χ1n) is 6.55. The van der Waals surface area contributed by atoms with Crippen molar-refractivity contribution in [3.05, 3.63) is 29.6 Å². The predicted octanol–water partition coefficient (Wildman–Crippen LogP) is 2.28. The zero-order valence-corrected chi connectivity index (χ0v) is 10.3. The van der Waals surface area contributed by atoms with E-state index in [0.717, 1.165) is 31.7 Å². The fourth-order valence-electron chi connectivity index (χ4n) is 3.15. The Balaban J connectivity index is 1.89. The number of likely N-dealkylation sites (N-methyl/N-ethyl adjacent to an activating group) is 1. The largest absolute Gasteiger partial charge is 0.367 e. The molecule has 2 aliphatic rings. The van der Waals surface area contributed by atoms with Gasteiger partial charge in [-0.05, 0) is 43.6 Å². The molecule has 0 aromatic heterocycles. The van der Waals surface area contributed by atoms with Gasteiger partial charge in [-0.2, -0.15) is 0 Å². The van der Waals surface area contributed by atoms with Crippen LogP contribution in [0, 0.1) is 5.82 Å². The lowest BCUT2D eigenvalue weighted by atomic mass is 10.1. The topological polar surface area (TPSA) is 6.48 Å². The Morgan fingerprint density at radius 2 is 2.24 bits per heavy atom. The van der Waals surface area contributed by atoms with Crippen molar-refractivity contribution in [2.24, 2.45) is 0 Å².